The molecule has 1 aromatic heterocycles. The van der Waals surface area contributed by atoms with Crippen molar-refractivity contribution in [1.82, 2.24) is 14.8 Å². The first kappa shape index (κ1) is 19.7. The molecule has 0 atom stereocenters. The zero-order valence-electron chi connectivity index (χ0n) is 15.6. The van der Waals surface area contributed by atoms with Gasteiger partial charge in [0.25, 0.3) is 0 Å². The summed E-state index contributed by atoms with van der Waals surface area (Å²) in [6, 6.07) is 14.1. The number of rotatable bonds is 5. The van der Waals surface area contributed by atoms with Gasteiger partial charge in [0.05, 0.1) is 12.0 Å². The molecule has 1 aliphatic heterocycles. The number of halogens is 2. The van der Waals surface area contributed by atoms with Crippen molar-refractivity contribution in [3.05, 3.63) is 76.3 Å². The molecule has 1 fully saturated rings. The molecule has 2 heterocycles. The van der Waals surface area contributed by atoms with Crippen LogP contribution in [0.4, 0.5) is 10.3 Å². The predicted octanol–water partition coefficient (Wildman–Crippen LogP) is 3.91. The second-order valence-electron chi connectivity index (χ2n) is 7.05. The Morgan fingerprint density at radius 2 is 1.97 bits per heavy atom. The van der Waals surface area contributed by atoms with E-state index in [9.17, 15) is 9.18 Å². The molecule has 0 saturated carbocycles. The highest BCUT2D eigenvalue weighted by Crippen LogP contribution is 2.36. The van der Waals surface area contributed by atoms with Crippen molar-refractivity contribution in [2.45, 2.75) is 24.8 Å². The Kier molecular flexibility index (Phi) is 5.73. The molecule has 6 nitrogen and oxygen atoms in total. The fraction of sp³-hybridized carbons (Fsp3) is 0.286. The highest BCUT2D eigenvalue weighted by Gasteiger charge is 2.42. The molecule has 0 spiro atoms. The average molecular weight is 459 g/mol. The van der Waals surface area contributed by atoms with E-state index in [1.165, 1.54) is 12.1 Å². The maximum Gasteiger partial charge on any atom is 0.248 e. The lowest BCUT2D eigenvalue weighted by molar-refractivity contribution is -0.125. The zero-order chi connectivity index (χ0) is 20.3. The molecule has 2 aromatic carbocycles. The fourth-order valence-electron chi connectivity index (χ4n) is 3.58. The van der Waals surface area contributed by atoms with Gasteiger partial charge in [-0.25, -0.2) is 14.1 Å². The van der Waals surface area contributed by atoms with Crippen LogP contribution < -0.4 is 5.32 Å². The zero-order valence-corrected chi connectivity index (χ0v) is 17.2. The minimum atomic E-state index is -0.864. The van der Waals surface area contributed by atoms with Crippen molar-refractivity contribution in [1.29, 1.82) is 0 Å². The van der Waals surface area contributed by atoms with Crippen LogP contribution >= 0.6 is 15.9 Å². The first-order valence-corrected chi connectivity index (χ1v) is 10.1. The number of carbonyl (C=O) groups is 1. The molecule has 150 valence electrons. The predicted molar refractivity (Wildman–Crippen MR) is 110 cm³/mol. The first-order chi connectivity index (χ1) is 14.0. The molecule has 4 rings (SSSR count). The number of nitrogens with zero attached hydrogens (tertiary/aromatic N) is 3. The molecule has 8 heteroatoms. The second kappa shape index (κ2) is 8.42. The van der Waals surface area contributed by atoms with Gasteiger partial charge in [-0.2, -0.15) is 0 Å². The van der Waals surface area contributed by atoms with Crippen LogP contribution in [0.1, 0.15) is 24.0 Å². The van der Waals surface area contributed by atoms with Gasteiger partial charge in [0.1, 0.15) is 12.1 Å². The number of benzene rings is 2. The van der Waals surface area contributed by atoms with Crippen molar-refractivity contribution < 1.29 is 13.9 Å². The van der Waals surface area contributed by atoms with Crippen molar-refractivity contribution in [2.75, 3.05) is 18.5 Å². The van der Waals surface area contributed by atoms with Gasteiger partial charge in [-0.15, -0.1) is 5.10 Å². The number of carbonyl (C=O) groups excluding carboxylic acids is 1. The number of ether oxygens (including phenoxy) is 1. The molecule has 0 bridgehead atoms. The van der Waals surface area contributed by atoms with E-state index in [1.807, 2.05) is 24.3 Å². The molecule has 0 aliphatic carbocycles. The maximum atomic E-state index is 13.8. The first-order valence-electron chi connectivity index (χ1n) is 9.34. The SMILES string of the molecule is O=C(Nc1ncn(Cc2ccc(Br)cc2)n1)C1(c2cccc(F)c2)CCOCC1. The van der Waals surface area contributed by atoms with Crippen LogP contribution in [0, 0.1) is 5.82 Å². The van der Waals surface area contributed by atoms with E-state index >= 15 is 0 Å². The number of aromatic nitrogens is 3. The van der Waals surface area contributed by atoms with Crippen molar-refractivity contribution in [3.8, 4) is 0 Å². The van der Waals surface area contributed by atoms with Gasteiger partial charge < -0.3 is 4.74 Å². The van der Waals surface area contributed by atoms with Crippen LogP contribution in [-0.2, 0) is 21.5 Å². The van der Waals surface area contributed by atoms with Crippen LogP contribution in [-0.4, -0.2) is 33.9 Å². The summed E-state index contributed by atoms with van der Waals surface area (Å²) in [6.45, 7) is 1.42. The van der Waals surface area contributed by atoms with Gasteiger partial charge in [0.2, 0.25) is 11.9 Å². The molecule has 3 aromatic rings. The third kappa shape index (κ3) is 4.38. The lowest BCUT2D eigenvalue weighted by Crippen LogP contribution is -2.45. The molecule has 29 heavy (non-hydrogen) atoms. The third-order valence-corrected chi connectivity index (χ3v) is 5.71. The molecule has 1 amide bonds. The fourth-order valence-corrected chi connectivity index (χ4v) is 3.84. The number of hydrogen-bond acceptors (Lipinski definition) is 4. The number of anilines is 1. The van der Waals surface area contributed by atoms with Gasteiger partial charge in [-0.3, -0.25) is 10.1 Å². The second-order valence-corrected chi connectivity index (χ2v) is 7.97. The van der Waals surface area contributed by atoms with Crippen molar-refractivity contribution in [3.63, 3.8) is 0 Å². The lowest BCUT2D eigenvalue weighted by Gasteiger charge is -2.35. The van der Waals surface area contributed by atoms with E-state index in [0.29, 0.717) is 38.2 Å². The van der Waals surface area contributed by atoms with E-state index < -0.39 is 5.41 Å². The minimum Gasteiger partial charge on any atom is -0.381 e. The Labute approximate surface area is 176 Å². The molecule has 0 unspecified atom stereocenters. The van der Waals surface area contributed by atoms with Gasteiger partial charge in [-0.1, -0.05) is 40.2 Å². The Morgan fingerprint density at radius 3 is 2.69 bits per heavy atom. The topological polar surface area (TPSA) is 69.0 Å². The molecule has 1 aliphatic rings. The molecule has 1 saturated heterocycles. The van der Waals surface area contributed by atoms with Crippen molar-refractivity contribution in [2.24, 2.45) is 0 Å². The van der Waals surface area contributed by atoms with Crippen LogP contribution in [0.3, 0.4) is 0 Å². The molecular weight excluding hydrogens is 439 g/mol. The summed E-state index contributed by atoms with van der Waals surface area (Å²) in [4.78, 5) is 17.4. The van der Waals surface area contributed by atoms with Crippen LogP contribution in [0.2, 0.25) is 0 Å². The highest BCUT2D eigenvalue weighted by molar-refractivity contribution is 9.10. The van der Waals surface area contributed by atoms with Gasteiger partial charge in [-0.05, 0) is 48.2 Å². The van der Waals surface area contributed by atoms with E-state index in [4.69, 9.17) is 4.74 Å². The van der Waals surface area contributed by atoms with Crippen molar-refractivity contribution >= 4 is 27.8 Å². The summed E-state index contributed by atoms with van der Waals surface area (Å²) in [5.41, 5.74) is 0.849. The summed E-state index contributed by atoms with van der Waals surface area (Å²) < 4.78 is 21.9. The summed E-state index contributed by atoms with van der Waals surface area (Å²) in [7, 11) is 0. The van der Waals surface area contributed by atoms with E-state index in [-0.39, 0.29) is 17.7 Å². The van der Waals surface area contributed by atoms with E-state index in [1.54, 1.807) is 23.1 Å². The standard InChI is InChI=1S/C21H20BrFN4O2/c22-17-6-4-15(5-7-17)13-27-14-24-20(26-27)25-19(28)21(8-10-29-11-9-21)16-2-1-3-18(23)12-16/h1-7,12,14H,8-11,13H2,(H,25,26,28). The summed E-state index contributed by atoms with van der Waals surface area (Å²) in [5.74, 6) is -0.375. The smallest absolute Gasteiger partial charge is 0.248 e. The number of amides is 1. The van der Waals surface area contributed by atoms with Crippen LogP contribution in [0.15, 0.2) is 59.3 Å². The largest absolute Gasteiger partial charge is 0.381 e. The van der Waals surface area contributed by atoms with Crippen LogP contribution in [0.25, 0.3) is 0 Å². The monoisotopic (exact) mass is 458 g/mol. The minimum absolute atomic E-state index is 0.231. The van der Waals surface area contributed by atoms with E-state index in [0.717, 1.165) is 10.0 Å². The van der Waals surface area contributed by atoms with Gasteiger partial charge in [0.15, 0.2) is 0 Å². The summed E-state index contributed by atoms with van der Waals surface area (Å²) in [5, 5.41) is 7.18. The quantitative estimate of drug-likeness (QED) is 0.628. The Hall–Kier alpha value is -2.58. The normalized spacial score (nSPS) is 15.8. The highest BCUT2D eigenvalue weighted by atomic mass is 79.9. The molecule has 1 N–H and O–H groups in total. The van der Waals surface area contributed by atoms with E-state index in [2.05, 4.69) is 31.3 Å². The lowest BCUT2D eigenvalue weighted by atomic mass is 9.73. The third-order valence-electron chi connectivity index (χ3n) is 5.18. The summed E-state index contributed by atoms with van der Waals surface area (Å²) in [6.07, 6.45) is 2.53. The Morgan fingerprint density at radius 1 is 1.21 bits per heavy atom. The maximum absolute atomic E-state index is 13.8. The Bertz CT molecular complexity index is 1000. The molecular formula is C21H20BrFN4O2. The van der Waals surface area contributed by atoms with Gasteiger partial charge >= 0.3 is 0 Å². The van der Waals surface area contributed by atoms with Gasteiger partial charge in [0, 0.05) is 17.7 Å². The summed E-state index contributed by atoms with van der Waals surface area (Å²) >= 11 is 3.41. The number of hydrogen-bond donors (Lipinski definition) is 1. The van der Waals surface area contributed by atoms with Crippen LogP contribution in [0.5, 0.6) is 0 Å². The molecule has 0 radical (unpaired) electrons. The average Bonchev–Trinajstić information content (AvgIpc) is 3.17. The number of nitrogens with one attached hydrogen (secondary N) is 1. The Balaban J connectivity index is 1.52.